The molecule has 21 heavy (non-hydrogen) atoms. The van der Waals surface area contributed by atoms with Crippen molar-refractivity contribution in [2.45, 2.75) is 51.2 Å². The number of likely N-dealkylation sites (tertiary alicyclic amines) is 2. The number of rotatable bonds is 4. The fourth-order valence-corrected chi connectivity index (χ4v) is 3.62. The molecule has 0 radical (unpaired) electrons. The van der Waals surface area contributed by atoms with E-state index in [1.165, 1.54) is 0 Å². The molecule has 1 N–H and O–H groups in total. The van der Waals surface area contributed by atoms with Gasteiger partial charge in [0.2, 0.25) is 0 Å². The van der Waals surface area contributed by atoms with Crippen molar-refractivity contribution in [3.05, 3.63) is 17.5 Å². The first kappa shape index (κ1) is 14.5. The number of carboxylic acids is 1. The zero-order valence-electron chi connectivity index (χ0n) is 12.5. The lowest BCUT2D eigenvalue weighted by molar-refractivity contribution is -0.143. The SMILES string of the molecule is Cc1cc(CN2CCC(N3CCCC3C(=O)O)CC2)no1. The van der Waals surface area contributed by atoms with Crippen molar-refractivity contribution >= 4 is 5.97 Å². The Balaban J connectivity index is 1.52. The van der Waals surface area contributed by atoms with Crippen molar-refractivity contribution in [1.82, 2.24) is 15.0 Å². The number of hydrogen-bond acceptors (Lipinski definition) is 5. The molecule has 2 saturated heterocycles. The molecule has 6 heteroatoms. The largest absolute Gasteiger partial charge is 0.480 e. The second-order valence-corrected chi connectivity index (χ2v) is 6.17. The molecule has 1 aromatic heterocycles. The summed E-state index contributed by atoms with van der Waals surface area (Å²) in [6.45, 7) is 5.66. The Kier molecular flexibility index (Phi) is 4.26. The lowest BCUT2D eigenvalue weighted by Gasteiger charge is -2.38. The first-order valence-corrected chi connectivity index (χ1v) is 7.76. The Morgan fingerprint density at radius 1 is 1.38 bits per heavy atom. The van der Waals surface area contributed by atoms with E-state index in [4.69, 9.17) is 4.52 Å². The van der Waals surface area contributed by atoms with Gasteiger partial charge in [0.25, 0.3) is 0 Å². The molecule has 2 aliphatic heterocycles. The third-order valence-electron chi connectivity index (χ3n) is 4.67. The summed E-state index contributed by atoms with van der Waals surface area (Å²) in [5, 5.41) is 13.3. The highest BCUT2D eigenvalue weighted by molar-refractivity contribution is 5.73. The average Bonchev–Trinajstić information content (AvgIpc) is 3.09. The van der Waals surface area contributed by atoms with Gasteiger partial charge in [0.15, 0.2) is 0 Å². The second kappa shape index (κ2) is 6.15. The van der Waals surface area contributed by atoms with E-state index in [-0.39, 0.29) is 6.04 Å². The lowest BCUT2D eigenvalue weighted by atomic mass is 10.0. The van der Waals surface area contributed by atoms with Crippen LogP contribution in [0.15, 0.2) is 10.6 Å². The standard InChI is InChI=1S/C15H23N3O3/c1-11-9-12(16-21-11)10-17-7-4-13(5-8-17)18-6-2-3-14(18)15(19)20/h9,13-14H,2-8,10H2,1H3,(H,19,20). The molecule has 1 aromatic rings. The van der Waals surface area contributed by atoms with Crippen molar-refractivity contribution in [2.24, 2.45) is 0 Å². The maximum absolute atomic E-state index is 11.3. The molecule has 2 aliphatic rings. The van der Waals surface area contributed by atoms with Crippen LogP contribution in [0.5, 0.6) is 0 Å². The van der Waals surface area contributed by atoms with Gasteiger partial charge in [-0.2, -0.15) is 0 Å². The average molecular weight is 293 g/mol. The predicted octanol–water partition coefficient (Wildman–Crippen LogP) is 1.50. The van der Waals surface area contributed by atoms with Gasteiger partial charge in [0.1, 0.15) is 11.8 Å². The summed E-state index contributed by atoms with van der Waals surface area (Å²) in [4.78, 5) is 15.9. The van der Waals surface area contributed by atoms with Crippen LogP contribution in [0.2, 0.25) is 0 Å². The molecule has 3 heterocycles. The summed E-state index contributed by atoms with van der Waals surface area (Å²) in [6, 6.07) is 2.14. The highest BCUT2D eigenvalue weighted by Gasteiger charge is 2.36. The number of carbonyl (C=O) groups is 1. The molecule has 0 amide bonds. The molecular weight excluding hydrogens is 270 g/mol. The van der Waals surface area contributed by atoms with Crippen molar-refractivity contribution in [3.8, 4) is 0 Å². The summed E-state index contributed by atoms with van der Waals surface area (Å²) in [7, 11) is 0. The van der Waals surface area contributed by atoms with E-state index in [2.05, 4.69) is 15.0 Å². The van der Waals surface area contributed by atoms with Gasteiger partial charge in [-0.15, -0.1) is 0 Å². The molecule has 116 valence electrons. The third kappa shape index (κ3) is 3.27. The molecule has 0 aliphatic carbocycles. The van der Waals surface area contributed by atoms with Gasteiger partial charge in [0, 0.05) is 31.7 Å². The number of aryl methyl sites for hydroxylation is 1. The molecule has 6 nitrogen and oxygen atoms in total. The second-order valence-electron chi connectivity index (χ2n) is 6.17. The summed E-state index contributed by atoms with van der Waals surface area (Å²) in [6.07, 6.45) is 3.89. The van der Waals surface area contributed by atoms with Gasteiger partial charge in [-0.05, 0) is 39.2 Å². The van der Waals surface area contributed by atoms with E-state index in [1.807, 2.05) is 13.0 Å². The quantitative estimate of drug-likeness (QED) is 0.907. The molecule has 0 bridgehead atoms. The minimum absolute atomic E-state index is 0.264. The summed E-state index contributed by atoms with van der Waals surface area (Å²) < 4.78 is 5.10. The number of hydrogen-bond donors (Lipinski definition) is 1. The Bertz CT molecular complexity index is 494. The Labute approximate surface area is 124 Å². The molecule has 0 aromatic carbocycles. The fraction of sp³-hybridized carbons (Fsp3) is 0.733. The lowest BCUT2D eigenvalue weighted by Crippen LogP contribution is -2.48. The maximum Gasteiger partial charge on any atom is 0.320 e. The van der Waals surface area contributed by atoms with Crippen molar-refractivity contribution in [1.29, 1.82) is 0 Å². The predicted molar refractivity (Wildman–Crippen MR) is 76.9 cm³/mol. The van der Waals surface area contributed by atoms with E-state index in [9.17, 15) is 9.90 Å². The fourth-order valence-electron chi connectivity index (χ4n) is 3.62. The topological polar surface area (TPSA) is 69.8 Å². The van der Waals surface area contributed by atoms with E-state index in [0.29, 0.717) is 6.04 Å². The van der Waals surface area contributed by atoms with Gasteiger partial charge in [-0.3, -0.25) is 14.6 Å². The van der Waals surface area contributed by atoms with Gasteiger partial charge < -0.3 is 9.63 Å². The van der Waals surface area contributed by atoms with Crippen LogP contribution in [-0.2, 0) is 11.3 Å². The van der Waals surface area contributed by atoms with E-state index in [0.717, 1.165) is 63.3 Å². The van der Waals surface area contributed by atoms with Crippen LogP contribution in [0.3, 0.4) is 0 Å². The summed E-state index contributed by atoms with van der Waals surface area (Å²) >= 11 is 0. The first-order valence-electron chi connectivity index (χ1n) is 7.76. The zero-order valence-corrected chi connectivity index (χ0v) is 12.5. The molecule has 3 rings (SSSR count). The normalized spacial score (nSPS) is 25.5. The number of nitrogens with zero attached hydrogens (tertiary/aromatic N) is 3. The zero-order chi connectivity index (χ0) is 14.8. The summed E-state index contributed by atoms with van der Waals surface area (Å²) in [5.41, 5.74) is 0.982. The minimum Gasteiger partial charge on any atom is -0.480 e. The Morgan fingerprint density at radius 2 is 2.14 bits per heavy atom. The molecule has 1 atom stereocenters. The van der Waals surface area contributed by atoms with Gasteiger partial charge in [-0.1, -0.05) is 5.16 Å². The first-order chi connectivity index (χ1) is 10.1. The van der Waals surface area contributed by atoms with Gasteiger partial charge in [-0.25, -0.2) is 0 Å². The van der Waals surface area contributed by atoms with Gasteiger partial charge in [0.05, 0.1) is 5.69 Å². The molecule has 0 spiro atoms. The smallest absolute Gasteiger partial charge is 0.320 e. The van der Waals surface area contributed by atoms with Gasteiger partial charge >= 0.3 is 5.97 Å². The van der Waals surface area contributed by atoms with Crippen molar-refractivity contribution in [2.75, 3.05) is 19.6 Å². The van der Waals surface area contributed by atoms with Crippen LogP contribution in [0.1, 0.15) is 37.1 Å². The van der Waals surface area contributed by atoms with Crippen LogP contribution in [0, 0.1) is 6.92 Å². The van der Waals surface area contributed by atoms with Crippen LogP contribution in [-0.4, -0.2) is 57.8 Å². The molecule has 2 fully saturated rings. The monoisotopic (exact) mass is 293 g/mol. The van der Waals surface area contributed by atoms with E-state index < -0.39 is 5.97 Å². The van der Waals surface area contributed by atoms with Crippen molar-refractivity contribution in [3.63, 3.8) is 0 Å². The Morgan fingerprint density at radius 3 is 2.76 bits per heavy atom. The van der Waals surface area contributed by atoms with E-state index in [1.54, 1.807) is 0 Å². The van der Waals surface area contributed by atoms with Crippen LogP contribution in [0.25, 0.3) is 0 Å². The third-order valence-corrected chi connectivity index (χ3v) is 4.67. The number of aliphatic carboxylic acids is 1. The van der Waals surface area contributed by atoms with Crippen LogP contribution < -0.4 is 0 Å². The molecule has 0 saturated carbocycles. The van der Waals surface area contributed by atoms with E-state index >= 15 is 0 Å². The van der Waals surface area contributed by atoms with Crippen LogP contribution >= 0.6 is 0 Å². The molecule has 1 unspecified atom stereocenters. The summed E-state index contributed by atoms with van der Waals surface area (Å²) in [5.74, 6) is 0.189. The maximum atomic E-state index is 11.3. The Hall–Kier alpha value is -1.40. The molecular formula is C15H23N3O3. The number of carboxylic acid groups (broad SMARTS) is 1. The highest BCUT2D eigenvalue weighted by Crippen LogP contribution is 2.26. The number of aromatic nitrogens is 1. The van der Waals surface area contributed by atoms with Crippen molar-refractivity contribution < 1.29 is 14.4 Å². The highest BCUT2D eigenvalue weighted by atomic mass is 16.5. The minimum atomic E-state index is -0.659. The van der Waals surface area contributed by atoms with Crippen LogP contribution in [0.4, 0.5) is 0 Å². The number of piperidine rings is 1.